The van der Waals surface area contributed by atoms with E-state index in [0.29, 0.717) is 11.3 Å². The van der Waals surface area contributed by atoms with Gasteiger partial charge in [-0.3, -0.25) is 4.79 Å². The van der Waals surface area contributed by atoms with Crippen molar-refractivity contribution in [1.29, 1.82) is 0 Å². The third-order valence-electron chi connectivity index (χ3n) is 3.25. The van der Waals surface area contributed by atoms with Crippen LogP contribution in [0.15, 0.2) is 53.4 Å². The second-order valence-corrected chi connectivity index (χ2v) is 6.98. The number of esters is 1. The SMILES string of the molecule is COc1ccc(C(=O)COC(=O)c2ccccc2S(C)(=O)=O)cc1. The maximum Gasteiger partial charge on any atom is 0.339 e. The van der Waals surface area contributed by atoms with Crippen molar-refractivity contribution in [3.8, 4) is 5.75 Å². The molecule has 0 fully saturated rings. The van der Waals surface area contributed by atoms with Gasteiger partial charge in [0.25, 0.3) is 0 Å². The molecule has 0 atom stereocenters. The zero-order chi connectivity index (χ0) is 17.7. The molecule has 0 spiro atoms. The standard InChI is InChI=1S/C17H16O6S/c1-22-13-9-7-12(8-10-13)15(18)11-23-17(19)14-5-3-4-6-16(14)24(2,20)21/h3-10H,11H2,1-2H3. The van der Waals surface area contributed by atoms with Crippen LogP contribution in [0, 0.1) is 0 Å². The third-order valence-corrected chi connectivity index (χ3v) is 4.41. The van der Waals surface area contributed by atoms with Gasteiger partial charge in [0.1, 0.15) is 5.75 Å². The van der Waals surface area contributed by atoms with Crippen LogP contribution in [-0.2, 0) is 14.6 Å². The number of hydrogen-bond donors (Lipinski definition) is 0. The van der Waals surface area contributed by atoms with Crippen molar-refractivity contribution in [2.45, 2.75) is 4.90 Å². The Morgan fingerprint density at radius 3 is 2.21 bits per heavy atom. The topological polar surface area (TPSA) is 86.7 Å². The molecule has 0 saturated heterocycles. The summed E-state index contributed by atoms with van der Waals surface area (Å²) in [7, 11) is -2.06. The lowest BCUT2D eigenvalue weighted by Crippen LogP contribution is -2.16. The Kier molecular flexibility index (Phi) is 5.35. The molecule has 0 bridgehead atoms. The first-order valence-corrected chi connectivity index (χ1v) is 8.85. The first kappa shape index (κ1) is 17.7. The van der Waals surface area contributed by atoms with Crippen LogP contribution in [0.3, 0.4) is 0 Å². The normalized spacial score (nSPS) is 10.9. The van der Waals surface area contributed by atoms with E-state index in [1.165, 1.54) is 31.4 Å². The van der Waals surface area contributed by atoms with Gasteiger partial charge in [0.2, 0.25) is 0 Å². The van der Waals surface area contributed by atoms with Gasteiger partial charge in [0.15, 0.2) is 22.2 Å². The zero-order valence-electron chi connectivity index (χ0n) is 13.2. The first-order valence-electron chi connectivity index (χ1n) is 6.96. The largest absolute Gasteiger partial charge is 0.497 e. The Morgan fingerprint density at radius 2 is 1.62 bits per heavy atom. The molecule has 0 unspecified atom stereocenters. The highest BCUT2D eigenvalue weighted by molar-refractivity contribution is 7.90. The first-order chi connectivity index (χ1) is 11.3. The molecular formula is C17H16O6S. The van der Waals surface area contributed by atoms with Crippen molar-refractivity contribution in [1.82, 2.24) is 0 Å². The van der Waals surface area contributed by atoms with Crippen LogP contribution in [0.1, 0.15) is 20.7 Å². The van der Waals surface area contributed by atoms with Gasteiger partial charge in [-0.1, -0.05) is 12.1 Å². The summed E-state index contributed by atoms with van der Waals surface area (Å²) in [5.74, 6) is -0.661. The lowest BCUT2D eigenvalue weighted by atomic mass is 10.1. The van der Waals surface area contributed by atoms with Gasteiger partial charge in [0, 0.05) is 11.8 Å². The number of Topliss-reactive ketones (excluding diaryl/α,β-unsaturated/α-hetero) is 1. The number of hydrogen-bond acceptors (Lipinski definition) is 6. The molecule has 0 radical (unpaired) electrons. The molecule has 2 aromatic rings. The molecule has 7 heteroatoms. The monoisotopic (exact) mass is 348 g/mol. The molecule has 0 aliphatic heterocycles. The molecule has 2 rings (SSSR count). The average molecular weight is 348 g/mol. The van der Waals surface area contributed by atoms with E-state index in [0.717, 1.165) is 6.26 Å². The maximum absolute atomic E-state index is 12.1. The highest BCUT2D eigenvalue weighted by atomic mass is 32.2. The van der Waals surface area contributed by atoms with Crippen LogP contribution < -0.4 is 4.74 Å². The molecule has 0 saturated carbocycles. The molecule has 0 heterocycles. The molecule has 6 nitrogen and oxygen atoms in total. The lowest BCUT2D eigenvalue weighted by Gasteiger charge is -2.08. The number of methoxy groups -OCH3 is 1. The smallest absolute Gasteiger partial charge is 0.339 e. The Balaban J connectivity index is 2.09. The summed E-state index contributed by atoms with van der Waals surface area (Å²) < 4.78 is 33.3. The minimum Gasteiger partial charge on any atom is -0.497 e. The molecular weight excluding hydrogens is 332 g/mol. The van der Waals surface area contributed by atoms with E-state index in [1.807, 2.05) is 0 Å². The molecule has 0 aromatic heterocycles. The molecule has 0 amide bonds. The van der Waals surface area contributed by atoms with Crippen LogP contribution in [-0.4, -0.2) is 40.1 Å². The highest BCUT2D eigenvalue weighted by Gasteiger charge is 2.20. The van der Waals surface area contributed by atoms with Gasteiger partial charge in [-0.05, 0) is 36.4 Å². The molecule has 2 aromatic carbocycles. The summed E-state index contributed by atoms with van der Waals surface area (Å²) in [6.45, 7) is -0.483. The molecule has 24 heavy (non-hydrogen) atoms. The molecule has 0 N–H and O–H groups in total. The number of rotatable bonds is 6. The van der Waals surface area contributed by atoms with E-state index in [4.69, 9.17) is 9.47 Å². The molecule has 0 aliphatic carbocycles. The summed E-state index contributed by atoms with van der Waals surface area (Å²) in [4.78, 5) is 24.0. The van der Waals surface area contributed by atoms with Crippen molar-refractivity contribution in [2.24, 2.45) is 0 Å². The summed E-state index contributed by atoms with van der Waals surface area (Å²) in [5.41, 5.74) is 0.266. The van der Waals surface area contributed by atoms with E-state index in [1.54, 1.807) is 24.3 Å². The van der Waals surface area contributed by atoms with E-state index < -0.39 is 28.2 Å². The number of benzene rings is 2. The minimum absolute atomic E-state index is 0.0949. The fourth-order valence-electron chi connectivity index (χ4n) is 2.03. The predicted octanol–water partition coefficient (Wildman–Crippen LogP) is 2.14. The number of ether oxygens (including phenoxy) is 2. The summed E-state index contributed by atoms with van der Waals surface area (Å²) in [5, 5.41) is 0. The van der Waals surface area contributed by atoms with Crippen LogP contribution >= 0.6 is 0 Å². The van der Waals surface area contributed by atoms with Gasteiger partial charge in [-0.25, -0.2) is 13.2 Å². The van der Waals surface area contributed by atoms with Crippen molar-refractivity contribution >= 4 is 21.6 Å². The fraction of sp³-hybridized carbons (Fsp3) is 0.176. The Labute approximate surface area is 139 Å². The summed E-state index contributed by atoms with van der Waals surface area (Å²) >= 11 is 0. The van der Waals surface area contributed by atoms with Crippen molar-refractivity contribution in [2.75, 3.05) is 20.0 Å². The van der Waals surface area contributed by atoms with Crippen molar-refractivity contribution in [3.63, 3.8) is 0 Å². The zero-order valence-corrected chi connectivity index (χ0v) is 14.0. The van der Waals surface area contributed by atoms with E-state index in [9.17, 15) is 18.0 Å². The van der Waals surface area contributed by atoms with Crippen LogP contribution in [0.2, 0.25) is 0 Å². The Hall–Kier alpha value is -2.67. The Bertz CT molecular complexity index is 853. The summed E-state index contributed by atoms with van der Waals surface area (Å²) in [6.07, 6.45) is 1.00. The van der Waals surface area contributed by atoms with Crippen molar-refractivity contribution < 1.29 is 27.5 Å². The molecule has 0 aliphatic rings. The van der Waals surface area contributed by atoms with Gasteiger partial charge < -0.3 is 9.47 Å². The second kappa shape index (κ2) is 7.27. The second-order valence-electron chi connectivity index (χ2n) is 5.00. The maximum atomic E-state index is 12.1. The van der Waals surface area contributed by atoms with Gasteiger partial charge in [-0.2, -0.15) is 0 Å². The van der Waals surface area contributed by atoms with Gasteiger partial charge in [0.05, 0.1) is 17.6 Å². The number of sulfone groups is 1. The van der Waals surface area contributed by atoms with Crippen LogP contribution in [0.5, 0.6) is 5.75 Å². The number of carbonyl (C=O) groups excluding carboxylic acids is 2. The number of carbonyl (C=O) groups is 2. The van der Waals surface area contributed by atoms with Crippen molar-refractivity contribution in [3.05, 3.63) is 59.7 Å². The minimum atomic E-state index is -3.58. The highest BCUT2D eigenvalue weighted by Crippen LogP contribution is 2.17. The quantitative estimate of drug-likeness (QED) is 0.587. The predicted molar refractivity (Wildman–Crippen MR) is 87.2 cm³/mol. The van der Waals surface area contributed by atoms with E-state index in [-0.39, 0.29) is 10.5 Å². The van der Waals surface area contributed by atoms with E-state index in [2.05, 4.69) is 0 Å². The number of ketones is 1. The fourth-order valence-corrected chi connectivity index (χ4v) is 2.90. The van der Waals surface area contributed by atoms with E-state index >= 15 is 0 Å². The average Bonchev–Trinajstić information content (AvgIpc) is 2.58. The van der Waals surface area contributed by atoms with Gasteiger partial charge >= 0.3 is 5.97 Å². The summed E-state index contributed by atoms with van der Waals surface area (Å²) in [6, 6.07) is 12.0. The lowest BCUT2D eigenvalue weighted by molar-refractivity contribution is 0.0471. The van der Waals surface area contributed by atoms with Crippen LogP contribution in [0.4, 0.5) is 0 Å². The van der Waals surface area contributed by atoms with Crippen LogP contribution in [0.25, 0.3) is 0 Å². The van der Waals surface area contributed by atoms with Gasteiger partial charge in [-0.15, -0.1) is 0 Å². The third kappa shape index (κ3) is 4.20. The molecule has 126 valence electrons. The Morgan fingerprint density at radius 1 is 1.00 bits per heavy atom.